The molecule has 7 nitrogen and oxygen atoms in total. The van der Waals surface area contributed by atoms with Gasteiger partial charge in [0.2, 0.25) is 0 Å². The zero-order chi connectivity index (χ0) is 20.8. The largest absolute Gasteiger partial charge is 0.340 e. The Balaban J connectivity index is 1.57. The molecule has 3 aromatic rings. The molecule has 3 rings (SSSR count). The molecule has 0 fully saturated rings. The van der Waals surface area contributed by atoms with Crippen molar-refractivity contribution in [1.82, 2.24) is 21.2 Å². The van der Waals surface area contributed by atoms with Gasteiger partial charge < -0.3 is 5.32 Å². The van der Waals surface area contributed by atoms with Crippen LogP contribution in [0.5, 0.6) is 0 Å². The van der Waals surface area contributed by atoms with E-state index in [0.717, 1.165) is 10.6 Å². The minimum atomic E-state index is -0.828. The van der Waals surface area contributed by atoms with Crippen LogP contribution >= 0.6 is 11.3 Å². The number of aryl methyl sites for hydroxylation is 1. The maximum Gasteiger partial charge on any atom is 0.281 e. The first kappa shape index (κ1) is 20.2. The van der Waals surface area contributed by atoms with Gasteiger partial charge in [0.05, 0.1) is 5.69 Å². The summed E-state index contributed by atoms with van der Waals surface area (Å²) in [5.41, 5.74) is 6.66. The second-order valence-electron chi connectivity index (χ2n) is 6.30. The number of carbonyl (C=O) groups is 3. The average molecular weight is 408 g/mol. The lowest BCUT2D eigenvalue weighted by atomic mass is 10.2. The van der Waals surface area contributed by atoms with Crippen LogP contribution in [0.2, 0.25) is 0 Å². The number of aromatic nitrogens is 1. The van der Waals surface area contributed by atoms with E-state index >= 15 is 0 Å². The molecule has 1 heterocycles. The molecule has 0 saturated heterocycles. The highest BCUT2D eigenvalue weighted by molar-refractivity contribution is 7.17. The van der Waals surface area contributed by atoms with Gasteiger partial charge >= 0.3 is 0 Å². The van der Waals surface area contributed by atoms with Gasteiger partial charge in [-0.2, -0.15) is 0 Å². The third-order valence-corrected chi connectivity index (χ3v) is 5.30. The van der Waals surface area contributed by atoms with Gasteiger partial charge in [-0.1, -0.05) is 48.5 Å². The van der Waals surface area contributed by atoms with Crippen molar-refractivity contribution in [1.29, 1.82) is 0 Å². The van der Waals surface area contributed by atoms with Gasteiger partial charge in [0.25, 0.3) is 17.7 Å². The molecule has 1 atom stereocenters. The number of rotatable bonds is 5. The Labute approximate surface area is 172 Å². The zero-order valence-electron chi connectivity index (χ0n) is 15.9. The summed E-state index contributed by atoms with van der Waals surface area (Å²) < 4.78 is 0. The van der Waals surface area contributed by atoms with Crippen LogP contribution in [0.15, 0.2) is 60.7 Å². The molecule has 0 radical (unpaired) electrons. The minimum Gasteiger partial charge on any atom is -0.340 e. The first-order chi connectivity index (χ1) is 14.0. The van der Waals surface area contributed by atoms with Gasteiger partial charge in [0.15, 0.2) is 0 Å². The summed E-state index contributed by atoms with van der Waals surface area (Å²) >= 11 is 1.24. The summed E-state index contributed by atoms with van der Waals surface area (Å²) in [4.78, 5) is 41.6. The number of thiazole rings is 1. The van der Waals surface area contributed by atoms with E-state index < -0.39 is 17.9 Å². The number of hydrazine groups is 1. The molecule has 0 bridgehead atoms. The van der Waals surface area contributed by atoms with E-state index in [0.29, 0.717) is 16.1 Å². The number of amides is 3. The van der Waals surface area contributed by atoms with Crippen molar-refractivity contribution >= 4 is 29.1 Å². The summed E-state index contributed by atoms with van der Waals surface area (Å²) in [5, 5.41) is 3.31. The summed E-state index contributed by atoms with van der Waals surface area (Å²) in [6.07, 6.45) is 0. The van der Waals surface area contributed by atoms with Gasteiger partial charge in [-0.15, -0.1) is 11.3 Å². The van der Waals surface area contributed by atoms with Crippen molar-refractivity contribution in [2.24, 2.45) is 0 Å². The summed E-state index contributed by atoms with van der Waals surface area (Å²) in [6, 6.07) is 17.3. The van der Waals surface area contributed by atoms with Crippen molar-refractivity contribution in [2.45, 2.75) is 19.9 Å². The third-order valence-electron chi connectivity index (χ3n) is 4.10. The van der Waals surface area contributed by atoms with Gasteiger partial charge in [-0.3, -0.25) is 25.2 Å². The summed E-state index contributed by atoms with van der Waals surface area (Å²) in [7, 11) is 0. The first-order valence-electron chi connectivity index (χ1n) is 8.94. The Bertz CT molecular complexity index is 1020. The molecule has 29 heavy (non-hydrogen) atoms. The number of hydrogen-bond acceptors (Lipinski definition) is 5. The van der Waals surface area contributed by atoms with Crippen LogP contribution in [0.4, 0.5) is 0 Å². The monoisotopic (exact) mass is 408 g/mol. The van der Waals surface area contributed by atoms with Crippen molar-refractivity contribution in [3.05, 3.63) is 76.8 Å². The molecule has 0 aliphatic carbocycles. The second-order valence-corrected chi connectivity index (χ2v) is 7.30. The molecule has 0 saturated carbocycles. The molecule has 0 aliphatic rings. The predicted octanol–water partition coefficient (Wildman–Crippen LogP) is 2.70. The van der Waals surface area contributed by atoms with Gasteiger partial charge in [0.1, 0.15) is 15.9 Å². The van der Waals surface area contributed by atoms with Crippen LogP contribution < -0.4 is 16.2 Å². The molecule has 3 amide bonds. The highest BCUT2D eigenvalue weighted by Gasteiger charge is 2.20. The summed E-state index contributed by atoms with van der Waals surface area (Å²) in [6.45, 7) is 3.27. The number of nitrogens with one attached hydrogen (secondary N) is 3. The molecule has 8 heteroatoms. The lowest BCUT2D eigenvalue weighted by molar-refractivity contribution is -0.123. The normalized spacial score (nSPS) is 11.4. The Kier molecular flexibility index (Phi) is 6.36. The maximum atomic E-state index is 12.4. The van der Waals surface area contributed by atoms with E-state index in [2.05, 4.69) is 21.2 Å². The Morgan fingerprint density at radius 3 is 2.17 bits per heavy atom. The Morgan fingerprint density at radius 2 is 1.52 bits per heavy atom. The molecule has 1 unspecified atom stereocenters. The van der Waals surface area contributed by atoms with Crippen molar-refractivity contribution < 1.29 is 14.4 Å². The van der Waals surface area contributed by atoms with Crippen LogP contribution in [0.25, 0.3) is 10.6 Å². The molecule has 0 aliphatic heterocycles. The van der Waals surface area contributed by atoms with Crippen LogP contribution in [-0.4, -0.2) is 28.7 Å². The van der Waals surface area contributed by atoms with Crippen LogP contribution in [0.3, 0.4) is 0 Å². The van der Waals surface area contributed by atoms with Crippen molar-refractivity contribution in [3.63, 3.8) is 0 Å². The minimum absolute atomic E-state index is 0.370. The lowest BCUT2D eigenvalue weighted by Crippen LogP contribution is -2.51. The van der Waals surface area contributed by atoms with E-state index in [1.165, 1.54) is 18.3 Å². The smallest absolute Gasteiger partial charge is 0.281 e. The fraction of sp³-hybridized carbons (Fsp3) is 0.143. The van der Waals surface area contributed by atoms with Crippen LogP contribution in [-0.2, 0) is 4.79 Å². The van der Waals surface area contributed by atoms with Crippen molar-refractivity contribution in [3.8, 4) is 10.6 Å². The molecular weight excluding hydrogens is 388 g/mol. The maximum absolute atomic E-state index is 12.4. The van der Waals surface area contributed by atoms with Gasteiger partial charge in [-0.25, -0.2) is 4.98 Å². The second kappa shape index (κ2) is 9.11. The summed E-state index contributed by atoms with van der Waals surface area (Å²) in [5.74, 6) is -1.37. The van der Waals surface area contributed by atoms with Crippen molar-refractivity contribution in [2.75, 3.05) is 0 Å². The molecule has 2 aromatic carbocycles. The number of hydrogen-bond donors (Lipinski definition) is 3. The molecule has 3 N–H and O–H groups in total. The quantitative estimate of drug-likeness (QED) is 0.565. The zero-order valence-corrected chi connectivity index (χ0v) is 16.7. The van der Waals surface area contributed by atoms with Gasteiger partial charge in [-0.05, 0) is 26.0 Å². The van der Waals surface area contributed by atoms with Crippen LogP contribution in [0, 0.1) is 6.92 Å². The molecular formula is C21H20N4O3S. The van der Waals surface area contributed by atoms with Crippen LogP contribution in [0.1, 0.15) is 32.6 Å². The highest BCUT2D eigenvalue weighted by Crippen LogP contribution is 2.27. The fourth-order valence-corrected chi connectivity index (χ4v) is 3.50. The number of nitrogens with zero attached hydrogens (tertiary/aromatic N) is 1. The lowest BCUT2D eigenvalue weighted by Gasteiger charge is -2.14. The van der Waals surface area contributed by atoms with E-state index in [4.69, 9.17) is 0 Å². The topological polar surface area (TPSA) is 100 Å². The van der Waals surface area contributed by atoms with E-state index in [1.807, 2.05) is 30.3 Å². The highest BCUT2D eigenvalue weighted by atomic mass is 32.1. The average Bonchev–Trinajstić information content (AvgIpc) is 3.14. The standard InChI is InChI=1S/C21H20N4O3S/c1-13-17(29-21(23-13)16-11-7-4-8-12-16)20(28)25-24-18(26)14(2)22-19(27)15-9-5-3-6-10-15/h3-12,14H,1-2H3,(H,22,27)(H,24,26)(H,25,28). The number of carbonyl (C=O) groups excluding carboxylic acids is 3. The predicted molar refractivity (Wildman–Crippen MR) is 111 cm³/mol. The Morgan fingerprint density at radius 1 is 0.897 bits per heavy atom. The molecule has 1 aromatic heterocycles. The van der Waals surface area contributed by atoms with Gasteiger partial charge in [0, 0.05) is 11.1 Å². The first-order valence-corrected chi connectivity index (χ1v) is 9.76. The molecule has 148 valence electrons. The Hall–Kier alpha value is -3.52. The number of benzene rings is 2. The third kappa shape index (κ3) is 5.05. The van der Waals surface area contributed by atoms with E-state index in [-0.39, 0.29) is 5.91 Å². The fourth-order valence-electron chi connectivity index (χ4n) is 2.53. The van der Waals surface area contributed by atoms with E-state index in [1.54, 1.807) is 37.3 Å². The van der Waals surface area contributed by atoms with E-state index in [9.17, 15) is 14.4 Å². The SMILES string of the molecule is Cc1nc(-c2ccccc2)sc1C(=O)NNC(=O)C(C)NC(=O)c1ccccc1. The molecule has 0 spiro atoms.